The highest BCUT2D eigenvalue weighted by atomic mass is 19.1. The molecule has 1 aromatic carbocycles. The summed E-state index contributed by atoms with van der Waals surface area (Å²) in [6.07, 6.45) is 0.893. The van der Waals surface area contributed by atoms with Gasteiger partial charge in [-0.2, -0.15) is 5.26 Å². The minimum absolute atomic E-state index is 0.185. The van der Waals surface area contributed by atoms with Gasteiger partial charge in [-0.1, -0.05) is 12.1 Å². The van der Waals surface area contributed by atoms with Crippen LogP contribution in [-0.4, -0.2) is 36.6 Å². The first-order valence-electron chi connectivity index (χ1n) is 6.34. The van der Waals surface area contributed by atoms with Crippen LogP contribution in [0.4, 0.5) is 4.39 Å². The van der Waals surface area contributed by atoms with E-state index in [4.69, 9.17) is 10.00 Å². The molecule has 0 saturated carbocycles. The van der Waals surface area contributed by atoms with E-state index >= 15 is 0 Å². The minimum atomic E-state index is -0.574. The summed E-state index contributed by atoms with van der Waals surface area (Å²) >= 11 is 0. The van der Waals surface area contributed by atoms with Crippen LogP contribution in [0.5, 0.6) is 0 Å². The first-order valence-corrected chi connectivity index (χ1v) is 6.34. The Morgan fingerprint density at radius 1 is 1.60 bits per heavy atom. The number of allylic oxidation sites excluding steroid dienone is 1. The van der Waals surface area contributed by atoms with Crippen LogP contribution in [-0.2, 0) is 9.53 Å². The Kier molecular flexibility index (Phi) is 4.49. The van der Waals surface area contributed by atoms with Crippen LogP contribution in [0, 0.1) is 17.1 Å². The first-order chi connectivity index (χ1) is 9.60. The third-order valence-corrected chi connectivity index (χ3v) is 3.14. The molecule has 1 atom stereocenters. The molecule has 1 amide bonds. The van der Waals surface area contributed by atoms with Crippen molar-refractivity contribution >= 4 is 11.5 Å². The molecule has 1 unspecified atom stereocenters. The maximum Gasteiger partial charge on any atom is 0.247 e. The summed E-state index contributed by atoms with van der Waals surface area (Å²) in [5.74, 6) is -0.520. The average molecular weight is 274 g/mol. The molecule has 20 heavy (non-hydrogen) atoms. The Labute approximate surface area is 117 Å². The Morgan fingerprint density at radius 3 is 3.10 bits per heavy atom. The number of nitriles is 1. The zero-order valence-electron chi connectivity index (χ0n) is 11.2. The van der Waals surface area contributed by atoms with Gasteiger partial charge in [-0.05, 0) is 30.2 Å². The maximum atomic E-state index is 13.1. The number of ether oxygens (including phenoxy) is 1. The molecule has 5 heteroatoms. The van der Waals surface area contributed by atoms with Gasteiger partial charge >= 0.3 is 0 Å². The number of halogens is 1. The zero-order valence-corrected chi connectivity index (χ0v) is 11.2. The molecule has 0 aliphatic carbocycles. The number of rotatable bonds is 2. The Balaban J connectivity index is 2.10. The molecule has 1 aliphatic rings. The van der Waals surface area contributed by atoms with Crippen molar-refractivity contribution in [3.63, 3.8) is 0 Å². The first kappa shape index (κ1) is 14.2. The van der Waals surface area contributed by atoms with Crippen LogP contribution in [0.15, 0.2) is 30.3 Å². The third-order valence-electron chi connectivity index (χ3n) is 3.14. The van der Waals surface area contributed by atoms with E-state index in [2.05, 4.69) is 0 Å². The van der Waals surface area contributed by atoms with E-state index in [0.29, 0.717) is 24.3 Å². The summed E-state index contributed by atoms with van der Waals surface area (Å²) < 4.78 is 18.3. The van der Waals surface area contributed by atoms with Crippen molar-refractivity contribution in [2.75, 3.05) is 19.7 Å². The fourth-order valence-corrected chi connectivity index (χ4v) is 2.02. The van der Waals surface area contributed by atoms with Crippen molar-refractivity contribution < 1.29 is 13.9 Å². The minimum Gasteiger partial charge on any atom is -0.360 e. The smallest absolute Gasteiger partial charge is 0.247 e. The summed E-state index contributed by atoms with van der Waals surface area (Å²) in [5, 5.41) is 8.81. The summed E-state index contributed by atoms with van der Waals surface area (Å²) in [5.41, 5.74) is 1.36. The monoisotopic (exact) mass is 274 g/mol. The highest BCUT2D eigenvalue weighted by Crippen LogP contribution is 2.16. The van der Waals surface area contributed by atoms with Gasteiger partial charge in [0.05, 0.1) is 19.2 Å². The molecule has 1 saturated heterocycles. The predicted octanol–water partition coefficient (Wildman–Crippen LogP) is 1.98. The molecular formula is C15H15FN2O2. The topological polar surface area (TPSA) is 53.3 Å². The molecule has 104 valence electrons. The van der Waals surface area contributed by atoms with Crippen LogP contribution in [0.25, 0.3) is 5.57 Å². The van der Waals surface area contributed by atoms with Crippen LogP contribution in [0.2, 0.25) is 0 Å². The SMILES string of the molecule is CC(=CC(=O)N1CCOC(C#N)C1)c1cccc(F)c1. The summed E-state index contributed by atoms with van der Waals surface area (Å²) in [4.78, 5) is 13.7. The van der Waals surface area contributed by atoms with Gasteiger partial charge < -0.3 is 9.64 Å². The molecule has 1 heterocycles. The van der Waals surface area contributed by atoms with Crippen molar-refractivity contribution in [2.45, 2.75) is 13.0 Å². The fourth-order valence-electron chi connectivity index (χ4n) is 2.02. The number of nitrogens with zero attached hydrogens (tertiary/aromatic N) is 2. The molecule has 0 N–H and O–H groups in total. The Morgan fingerprint density at radius 2 is 2.40 bits per heavy atom. The van der Waals surface area contributed by atoms with E-state index in [1.54, 1.807) is 24.0 Å². The molecule has 4 nitrogen and oxygen atoms in total. The molecular weight excluding hydrogens is 259 g/mol. The molecule has 0 spiro atoms. The van der Waals surface area contributed by atoms with Gasteiger partial charge in [0.25, 0.3) is 0 Å². The van der Waals surface area contributed by atoms with Gasteiger partial charge in [0.2, 0.25) is 5.91 Å². The number of carbonyl (C=O) groups is 1. The standard InChI is InChI=1S/C15H15FN2O2/c1-11(12-3-2-4-13(16)8-12)7-15(19)18-5-6-20-14(9-17)10-18/h2-4,7-8,14H,5-6,10H2,1H3. The van der Waals surface area contributed by atoms with Crippen molar-refractivity contribution in [1.82, 2.24) is 4.90 Å². The third kappa shape index (κ3) is 3.43. The largest absolute Gasteiger partial charge is 0.360 e. The zero-order chi connectivity index (χ0) is 14.5. The molecule has 1 aliphatic heterocycles. The number of hydrogen-bond donors (Lipinski definition) is 0. The normalized spacial score (nSPS) is 19.6. The molecule has 1 fully saturated rings. The van der Waals surface area contributed by atoms with Gasteiger partial charge in [-0.25, -0.2) is 4.39 Å². The lowest BCUT2D eigenvalue weighted by Gasteiger charge is -2.29. The fraction of sp³-hybridized carbons (Fsp3) is 0.333. The second-order valence-electron chi connectivity index (χ2n) is 4.61. The molecule has 0 radical (unpaired) electrons. The number of benzene rings is 1. The lowest BCUT2D eigenvalue weighted by molar-refractivity contribution is -0.131. The number of hydrogen-bond acceptors (Lipinski definition) is 3. The van der Waals surface area contributed by atoms with Crippen LogP contribution < -0.4 is 0 Å². The van der Waals surface area contributed by atoms with E-state index in [1.165, 1.54) is 18.2 Å². The van der Waals surface area contributed by atoms with E-state index in [0.717, 1.165) is 0 Å². The van der Waals surface area contributed by atoms with Crippen molar-refractivity contribution in [1.29, 1.82) is 5.26 Å². The average Bonchev–Trinajstić information content (AvgIpc) is 2.47. The second-order valence-corrected chi connectivity index (χ2v) is 4.61. The quantitative estimate of drug-likeness (QED) is 0.775. The maximum absolute atomic E-state index is 13.1. The van der Waals surface area contributed by atoms with E-state index in [-0.39, 0.29) is 18.3 Å². The van der Waals surface area contributed by atoms with E-state index in [1.807, 2.05) is 6.07 Å². The number of amides is 1. The van der Waals surface area contributed by atoms with Crippen molar-refractivity contribution in [3.05, 3.63) is 41.7 Å². The summed E-state index contributed by atoms with van der Waals surface area (Å²) in [7, 11) is 0. The Bertz CT molecular complexity index is 577. The Hall–Kier alpha value is -2.19. The second kappa shape index (κ2) is 6.31. The van der Waals surface area contributed by atoms with Crippen LogP contribution in [0.1, 0.15) is 12.5 Å². The summed E-state index contributed by atoms with van der Waals surface area (Å²) in [6, 6.07) is 8.09. The highest BCUT2D eigenvalue weighted by molar-refractivity contribution is 5.94. The summed E-state index contributed by atoms with van der Waals surface area (Å²) in [6.45, 7) is 2.85. The van der Waals surface area contributed by atoms with Gasteiger partial charge in [-0.3, -0.25) is 4.79 Å². The van der Waals surface area contributed by atoms with Crippen LogP contribution in [0.3, 0.4) is 0 Å². The number of morpholine rings is 1. The lowest BCUT2D eigenvalue weighted by Crippen LogP contribution is -2.44. The van der Waals surface area contributed by atoms with Crippen LogP contribution >= 0.6 is 0 Å². The van der Waals surface area contributed by atoms with E-state index in [9.17, 15) is 9.18 Å². The predicted molar refractivity (Wildman–Crippen MR) is 72.0 cm³/mol. The van der Waals surface area contributed by atoms with Crippen molar-refractivity contribution in [3.8, 4) is 6.07 Å². The van der Waals surface area contributed by atoms with Gasteiger partial charge in [0.1, 0.15) is 5.82 Å². The number of carbonyl (C=O) groups excluding carboxylic acids is 1. The molecule has 0 bridgehead atoms. The van der Waals surface area contributed by atoms with E-state index < -0.39 is 6.10 Å². The molecule has 2 rings (SSSR count). The molecule has 0 aromatic heterocycles. The van der Waals surface area contributed by atoms with Gasteiger partial charge in [0.15, 0.2) is 6.10 Å². The molecule has 1 aromatic rings. The van der Waals surface area contributed by atoms with Crippen molar-refractivity contribution in [2.24, 2.45) is 0 Å². The highest BCUT2D eigenvalue weighted by Gasteiger charge is 2.22. The van der Waals surface area contributed by atoms with Gasteiger partial charge in [-0.15, -0.1) is 0 Å². The lowest BCUT2D eigenvalue weighted by atomic mass is 10.1. The van der Waals surface area contributed by atoms with Gasteiger partial charge in [0, 0.05) is 12.6 Å².